The first kappa shape index (κ1) is 12.3. The topological polar surface area (TPSA) is 41.0 Å². The molecule has 94 valence electrons. The molecule has 0 radical (unpaired) electrons. The average Bonchev–Trinajstić information content (AvgIpc) is 3.19. The number of nitrogens with one attached hydrogen (secondary N) is 1. The van der Waals surface area contributed by atoms with E-state index in [1.54, 1.807) is 6.33 Å². The van der Waals surface area contributed by atoms with E-state index < -0.39 is 0 Å². The Kier molecular flexibility index (Phi) is 3.94. The summed E-state index contributed by atoms with van der Waals surface area (Å²) in [5.74, 6) is 0.938. The van der Waals surface area contributed by atoms with Crippen LogP contribution >= 0.6 is 0 Å². The van der Waals surface area contributed by atoms with Crippen molar-refractivity contribution in [2.45, 2.75) is 45.2 Å². The van der Waals surface area contributed by atoms with Crippen LogP contribution in [0.5, 0.6) is 0 Å². The Morgan fingerprint density at radius 3 is 2.88 bits per heavy atom. The van der Waals surface area contributed by atoms with E-state index in [0.29, 0.717) is 6.04 Å². The highest BCUT2D eigenvalue weighted by atomic mass is 15.2. The Balaban J connectivity index is 1.83. The van der Waals surface area contributed by atoms with Crippen LogP contribution in [-0.2, 0) is 6.42 Å². The van der Waals surface area contributed by atoms with Gasteiger partial charge in [0, 0.05) is 30.4 Å². The Morgan fingerprint density at radius 1 is 1.47 bits per heavy atom. The molecule has 0 aromatic carbocycles. The zero-order valence-corrected chi connectivity index (χ0v) is 11.0. The second-order valence-corrected chi connectivity index (χ2v) is 4.87. The quantitative estimate of drug-likeness (QED) is 0.816. The fraction of sp³-hybridized carbons (Fsp3) is 0.692. The van der Waals surface area contributed by atoms with Gasteiger partial charge in [0.1, 0.15) is 12.1 Å². The molecule has 4 heteroatoms. The van der Waals surface area contributed by atoms with Crippen molar-refractivity contribution in [2.24, 2.45) is 0 Å². The molecule has 1 atom stereocenters. The van der Waals surface area contributed by atoms with Crippen molar-refractivity contribution in [3.8, 4) is 0 Å². The summed E-state index contributed by atoms with van der Waals surface area (Å²) in [5, 5.41) is 3.39. The van der Waals surface area contributed by atoms with Crippen molar-refractivity contribution in [1.82, 2.24) is 14.9 Å². The van der Waals surface area contributed by atoms with Gasteiger partial charge in [-0.15, -0.1) is 0 Å². The average molecular weight is 234 g/mol. The molecule has 0 aliphatic heterocycles. The van der Waals surface area contributed by atoms with Gasteiger partial charge < -0.3 is 5.32 Å². The number of aryl methyl sites for hydroxylation is 1. The highest BCUT2D eigenvalue weighted by molar-refractivity contribution is 5.34. The van der Waals surface area contributed by atoms with Crippen molar-refractivity contribution in [3.05, 3.63) is 18.1 Å². The van der Waals surface area contributed by atoms with Crippen LogP contribution in [-0.4, -0.2) is 40.5 Å². The van der Waals surface area contributed by atoms with Gasteiger partial charge in [0.2, 0.25) is 0 Å². The van der Waals surface area contributed by atoms with Crippen molar-refractivity contribution in [2.75, 3.05) is 18.9 Å². The standard InChI is InChI=1S/C13H22N4/c1-4-11-7-13(16-9-15-11)14-8-10(2)17(3)12-5-6-12/h7,9-10,12H,4-6,8H2,1-3H3,(H,14,15,16). The number of hydrogen-bond acceptors (Lipinski definition) is 4. The summed E-state index contributed by atoms with van der Waals surface area (Å²) in [6.07, 6.45) is 5.30. The third-order valence-corrected chi connectivity index (χ3v) is 3.48. The molecule has 1 heterocycles. The Bertz CT molecular complexity index is 362. The molecule has 1 fully saturated rings. The summed E-state index contributed by atoms with van der Waals surface area (Å²) in [7, 11) is 2.21. The maximum absolute atomic E-state index is 4.24. The molecule has 1 aromatic heterocycles. The minimum atomic E-state index is 0.544. The molecule has 17 heavy (non-hydrogen) atoms. The number of hydrogen-bond donors (Lipinski definition) is 1. The van der Waals surface area contributed by atoms with E-state index in [1.165, 1.54) is 12.8 Å². The Morgan fingerprint density at radius 2 is 2.24 bits per heavy atom. The van der Waals surface area contributed by atoms with Gasteiger partial charge in [0.05, 0.1) is 0 Å². The first-order chi connectivity index (χ1) is 8.20. The molecule has 1 saturated carbocycles. The van der Waals surface area contributed by atoms with Crippen LogP contribution in [0.1, 0.15) is 32.4 Å². The zero-order valence-electron chi connectivity index (χ0n) is 11.0. The van der Waals surface area contributed by atoms with Crippen LogP contribution in [0.25, 0.3) is 0 Å². The molecule has 1 aliphatic carbocycles. The molecule has 0 bridgehead atoms. The van der Waals surface area contributed by atoms with Crippen molar-refractivity contribution < 1.29 is 0 Å². The van der Waals surface area contributed by atoms with Crippen LogP contribution in [0.3, 0.4) is 0 Å². The molecule has 0 amide bonds. The lowest BCUT2D eigenvalue weighted by Gasteiger charge is -2.24. The lowest BCUT2D eigenvalue weighted by Crippen LogP contribution is -2.36. The predicted octanol–water partition coefficient (Wildman–Crippen LogP) is 1.93. The molecule has 0 saturated heterocycles. The van der Waals surface area contributed by atoms with Crippen LogP contribution in [0, 0.1) is 0 Å². The van der Waals surface area contributed by atoms with Crippen molar-refractivity contribution in [1.29, 1.82) is 0 Å². The van der Waals surface area contributed by atoms with E-state index in [1.807, 2.05) is 6.07 Å². The molecule has 1 aromatic rings. The van der Waals surface area contributed by atoms with Gasteiger partial charge in [0.25, 0.3) is 0 Å². The van der Waals surface area contributed by atoms with Crippen LogP contribution in [0.2, 0.25) is 0 Å². The van der Waals surface area contributed by atoms with Crippen LogP contribution in [0.4, 0.5) is 5.82 Å². The van der Waals surface area contributed by atoms with Gasteiger partial charge in [-0.2, -0.15) is 0 Å². The summed E-state index contributed by atoms with van der Waals surface area (Å²) >= 11 is 0. The van der Waals surface area contributed by atoms with E-state index in [9.17, 15) is 0 Å². The third-order valence-electron chi connectivity index (χ3n) is 3.48. The monoisotopic (exact) mass is 234 g/mol. The number of nitrogens with zero attached hydrogens (tertiary/aromatic N) is 3. The molecule has 1 unspecified atom stereocenters. The zero-order chi connectivity index (χ0) is 12.3. The van der Waals surface area contributed by atoms with Crippen LogP contribution in [0.15, 0.2) is 12.4 Å². The van der Waals surface area contributed by atoms with E-state index >= 15 is 0 Å². The minimum absolute atomic E-state index is 0.544. The second kappa shape index (κ2) is 5.45. The molecule has 0 spiro atoms. The highest BCUT2D eigenvalue weighted by Gasteiger charge is 2.28. The molecule has 4 nitrogen and oxygen atoms in total. The Hall–Kier alpha value is -1.16. The van der Waals surface area contributed by atoms with Gasteiger partial charge >= 0.3 is 0 Å². The fourth-order valence-corrected chi connectivity index (χ4v) is 1.93. The number of anilines is 1. The van der Waals surface area contributed by atoms with Gasteiger partial charge in [-0.25, -0.2) is 9.97 Å². The highest BCUT2D eigenvalue weighted by Crippen LogP contribution is 2.26. The molecule has 1 N–H and O–H groups in total. The summed E-state index contributed by atoms with van der Waals surface area (Å²) in [6.45, 7) is 5.30. The van der Waals surface area contributed by atoms with Gasteiger partial charge in [0.15, 0.2) is 0 Å². The maximum atomic E-state index is 4.24. The predicted molar refractivity (Wildman–Crippen MR) is 70.1 cm³/mol. The lowest BCUT2D eigenvalue weighted by molar-refractivity contribution is 0.257. The number of aromatic nitrogens is 2. The molecular weight excluding hydrogens is 212 g/mol. The summed E-state index contributed by atoms with van der Waals surface area (Å²) in [4.78, 5) is 10.9. The third kappa shape index (κ3) is 3.40. The smallest absolute Gasteiger partial charge is 0.129 e. The summed E-state index contributed by atoms with van der Waals surface area (Å²) < 4.78 is 0. The van der Waals surface area contributed by atoms with Crippen molar-refractivity contribution in [3.63, 3.8) is 0 Å². The van der Waals surface area contributed by atoms with Gasteiger partial charge in [-0.1, -0.05) is 6.92 Å². The second-order valence-electron chi connectivity index (χ2n) is 4.87. The number of likely N-dealkylation sites (N-methyl/N-ethyl adjacent to an activating group) is 1. The normalized spacial score (nSPS) is 17.2. The van der Waals surface area contributed by atoms with E-state index in [4.69, 9.17) is 0 Å². The molecular formula is C13H22N4. The summed E-state index contributed by atoms with van der Waals surface area (Å²) in [5.41, 5.74) is 1.09. The molecule has 2 rings (SSSR count). The maximum Gasteiger partial charge on any atom is 0.129 e. The first-order valence-corrected chi connectivity index (χ1v) is 6.47. The Labute approximate surface area is 103 Å². The fourth-order valence-electron chi connectivity index (χ4n) is 1.93. The van der Waals surface area contributed by atoms with Crippen LogP contribution < -0.4 is 5.32 Å². The largest absolute Gasteiger partial charge is 0.368 e. The minimum Gasteiger partial charge on any atom is -0.368 e. The lowest BCUT2D eigenvalue weighted by atomic mass is 10.2. The van der Waals surface area contributed by atoms with Gasteiger partial charge in [-0.3, -0.25) is 4.90 Å². The summed E-state index contributed by atoms with van der Waals surface area (Å²) in [6, 6.07) is 3.38. The van der Waals surface area contributed by atoms with Gasteiger partial charge in [-0.05, 0) is 33.2 Å². The molecule has 1 aliphatic rings. The van der Waals surface area contributed by atoms with E-state index in [-0.39, 0.29) is 0 Å². The SMILES string of the molecule is CCc1cc(NCC(C)N(C)C2CC2)ncn1. The first-order valence-electron chi connectivity index (χ1n) is 6.47. The number of rotatable bonds is 6. The van der Waals surface area contributed by atoms with Crippen molar-refractivity contribution >= 4 is 5.82 Å². The van der Waals surface area contributed by atoms with E-state index in [0.717, 1.165) is 30.5 Å². The van der Waals surface area contributed by atoms with E-state index in [2.05, 4.69) is 41.1 Å².